The molecule has 5 atom stereocenters. The number of rotatable bonds is 18. The molecule has 0 saturated carbocycles. The summed E-state index contributed by atoms with van der Waals surface area (Å²) in [6, 6.07) is -4.67. The second kappa shape index (κ2) is 17.1. The lowest BCUT2D eigenvalue weighted by Crippen LogP contribution is -2.59. The van der Waals surface area contributed by atoms with Crippen molar-refractivity contribution in [1.82, 2.24) is 16.0 Å². The Morgan fingerprint density at radius 1 is 0.912 bits per heavy atom. The Morgan fingerprint density at radius 3 is 2.03 bits per heavy atom. The molecule has 0 bridgehead atoms. The normalized spacial score (nSPS) is 15.3. The van der Waals surface area contributed by atoms with Gasteiger partial charge in [-0.3, -0.25) is 19.2 Å². The quantitative estimate of drug-likeness (QED) is 0.116. The molecule has 0 aliphatic carbocycles. The van der Waals surface area contributed by atoms with Crippen LogP contribution < -0.4 is 27.4 Å². The summed E-state index contributed by atoms with van der Waals surface area (Å²) < 4.78 is 0. The van der Waals surface area contributed by atoms with Crippen molar-refractivity contribution in [2.45, 2.75) is 76.5 Å². The summed E-state index contributed by atoms with van der Waals surface area (Å²) in [4.78, 5) is 60.9. The number of carboxylic acids is 2. The SMILES string of the molecule is CCC(C)C(NC(=O)C(CC(=O)O)NC(=O)C(N)CCSC)C(=O)NC(CCCCN)C(=O)O. The fraction of sp³-hybridized carbons (Fsp3) is 0.762. The van der Waals surface area contributed by atoms with Gasteiger partial charge in [0.2, 0.25) is 17.7 Å². The van der Waals surface area contributed by atoms with Crippen LogP contribution in [-0.2, 0) is 24.0 Å². The number of unbranched alkanes of at least 4 members (excludes halogenated alkanes) is 1. The van der Waals surface area contributed by atoms with E-state index in [4.69, 9.17) is 11.5 Å². The van der Waals surface area contributed by atoms with Crippen LogP contribution in [0.5, 0.6) is 0 Å². The van der Waals surface area contributed by atoms with Gasteiger partial charge < -0.3 is 37.6 Å². The zero-order valence-electron chi connectivity index (χ0n) is 20.0. The first-order valence-corrected chi connectivity index (χ1v) is 12.7. The highest BCUT2D eigenvalue weighted by Gasteiger charge is 2.33. The predicted molar refractivity (Wildman–Crippen MR) is 129 cm³/mol. The van der Waals surface area contributed by atoms with Crippen LogP contribution >= 0.6 is 11.8 Å². The van der Waals surface area contributed by atoms with Crippen LogP contribution in [0.2, 0.25) is 0 Å². The number of amides is 3. The van der Waals surface area contributed by atoms with Crippen LogP contribution in [0.4, 0.5) is 0 Å². The molecule has 9 N–H and O–H groups in total. The molecule has 0 spiro atoms. The Morgan fingerprint density at radius 2 is 1.53 bits per heavy atom. The van der Waals surface area contributed by atoms with Crippen LogP contribution in [0.25, 0.3) is 0 Å². The Hall–Kier alpha value is -2.38. The predicted octanol–water partition coefficient (Wildman–Crippen LogP) is -0.744. The molecule has 12 nitrogen and oxygen atoms in total. The number of carbonyl (C=O) groups is 5. The van der Waals surface area contributed by atoms with E-state index < -0.39 is 66.2 Å². The molecule has 0 aromatic rings. The van der Waals surface area contributed by atoms with E-state index in [0.29, 0.717) is 38.0 Å². The Labute approximate surface area is 204 Å². The molecule has 0 heterocycles. The number of nitrogens with two attached hydrogens (primary N) is 2. The second-order valence-electron chi connectivity index (χ2n) is 8.10. The lowest BCUT2D eigenvalue weighted by molar-refractivity contribution is -0.143. The molecule has 0 aromatic carbocycles. The molecule has 5 unspecified atom stereocenters. The zero-order valence-corrected chi connectivity index (χ0v) is 20.9. The van der Waals surface area contributed by atoms with Crippen LogP contribution in [0.3, 0.4) is 0 Å². The molecule has 0 radical (unpaired) electrons. The Bertz CT molecular complexity index is 694. The van der Waals surface area contributed by atoms with E-state index in [2.05, 4.69) is 16.0 Å². The van der Waals surface area contributed by atoms with E-state index in [-0.39, 0.29) is 6.42 Å². The van der Waals surface area contributed by atoms with Gasteiger partial charge in [-0.25, -0.2) is 4.79 Å². The van der Waals surface area contributed by atoms with Crippen LogP contribution in [0.1, 0.15) is 52.4 Å². The minimum Gasteiger partial charge on any atom is -0.481 e. The van der Waals surface area contributed by atoms with Gasteiger partial charge in [0.25, 0.3) is 0 Å². The van der Waals surface area contributed by atoms with Crippen molar-refractivity contribution in [3.05, 3.63) is 0 Å². The summed E-state index contributed by atoms with van der Waals surface area (Å²) >= 11 is 1.49. The summed E-state index contributed by atoms with van der Waals surface area (Å²) in [6.45, 7) is 3.87. The highest BCUT2D eigenvalue weighted by atomic mass is 32.2. The second-order valence-corrected chi connectivity index (χ2v) is 9.09. The van der Waals surface area contributed by atoms with E-state index in [1.807, 2.05) is 6.26 Å². The van der Waals surface area contributed by atoms with Crippen LogP contribution in [0, 0.1) is 5.92 Å². The Kier molecular flexibility index (Phi) is 15.9. The summed E-state index contributed by atoms with van der Waals surface area (Å²) in [5, 5.41) is 25.9. The summed E-state index contributed by atoms with van der Waals surface area (Å²) in [5.41, 5.74) is 11.2. The maximum absolute atomic E-state index is 12.9. The fourth-order valence-electron chi connectivity index (χ4n) is 3.01. The van der Waals surface area contributed by atoms with E-state index in [9.17, 15) is 34.2 Å². The van der Waals surface area contributed by atoms with Crippen molar-refractivity contribution < 1.29 is 34.2 Å². The highest BCUT2D eigenvalue weighted by molar-refractivity contribution is 7.98. The molecule has 0 saturated heterocycles. The Balaban J connectivity index is 5.48. The topological polar surface area (TPSA) is 214 Å². The summed E-state index contributed by atoms with van der Waals surface area (Å²) in [7, 11) is 0. The van der Waals surface area contributed by atoms with Gasteiger partial charge >= 0.3 is 11.9 Å². The number of hydrogen-bond acceptors (Lipinski definition) is 8. The molecular formula is C21H39N5O7S. The minimum atomic E-state index is -1.45. The van der Waals surface area contributed by atoms with E-state index in [1.54, 1.807) is 13.8 Å². The molecule has 0 aliphatic rings. The van der Waals surface area contributed by atoms with Gasteiger partial charge in [-0.2, -0.15) is 11.8 Å². The van der Waals surface area contributed by atoms with E-state index in [0.717, 1.165) is 0 Å². The molecular weight excluding hydrogens is 466 g/mol. The first kappa shape index (κ1) is 31.6. The van der Waals surface area contributed by atoms with Crippen molar-refractivity contribution >= 4 is 41.4 Å². The summed E-state index contributed by atoms with van der Waals surface area (Å²) in [6.07, 6.45) is 3.21. The number of thioether (sulfide) groups is 1. The molecule has 3 amide bonds. The molecule has 13 heteroatoms. The van der Waals surface area contributed by atoms with Crippen molar-refractivity contribution in [3.63, 3.8) is 0 Å². The average Bonchev–Trinajstić information content (AvgIpc) is 2.78. The van der Waals surface area contributed by atoms with Crippen molar-refractivity contribution in [2.24, 2.45) is 17.4 Å². The molecule has 34 heavy (non-hydrogen) atoms. The zero-order chi connectivity index (χ0) is 26.3. The number of hydrogen-bond donors (Lipinski definition) is 7. The third-order valence-corrected chi connectivity index (χ3v) is 5.98. The standard InChI is InChI=1S/C21H39N5O7S/c1-4-12(2)17(20(31)24-14(21(32)33)7-5-6-9-22)26-19(30)15(11-16(27)28)25-18(29)13(23)8-10-34-3/h12-15,17H,4-11,22-23H2,1-3H3,(H,24,31)(H,25,29)(H,26,30)(H,27,28)(H,32,33). The van der Waals surface area contributed by atoms with Crippen molar-refractivity contribution in [1.29, 1.82) is 0 Å². The van der Waals surface area contributed by atoms with Crippen molar-refractivity contribution in [2.75, 3.05) is 18.6 Å². The molecule has 0 fully saturated rings. The summed E-state index contributed by atoms with van der Waals surface area (Å²) in [5.74, 6) is -4.58. The average molecular weight is 506 g/mol. The van der Waals surface area contributed by atoms with Gasteiger partial charge in [0, 0.05) is 0 Å². The van der Waals surface area contributed by atoms with Gasteiger partial charge in [-0.1, -0.05) is 20.3 Å². The monoisotopic (exact) mass is 505 g/mol. The third kappa shape index (κ3) is 12.2. The third-order valence-electron chi connectivity index (χ3n) is 5.34. The first-order valence-electron chi connectivity index (χ1n) is 11.3. The number of nitrogens with one attached hydrogen (secondary N) is 3. The molecule has 0 rings (SSSR count). The van der Waals surface area contributed by atoms with Gasteiger partial charge in [-0.05, 0) is 50.2 Å². The molecule has 196 valence electrons. The lowest BCUT2D eigenvalue weighted by Gasteiger charge is -2.27. The van der Waals surface area contributed by atoms with Crippen LogP contribution in [-0.4, -0.2) is 82.6 Å². The molecule has 0 aromatic heterocycles. The van der Waals surface area contributed by atoms with Gasteiger partial charge in [0.1, 0.15) is 18.1 Å². The maximum atomic E-state index is 12.9. The number of carboxylic acid groups (broad SMARTS) is 2. The van der Waals surface area contributed by atoms with Gasteiger partial charge in [0.05, 0.1) is 12.5 Å². The molecule has 0 aliphatic heterocycles. The van der Waals surface area contributed by atoms with E-state index >= 15 is 0 Å². The van der Waals surface area contributed by atoms with Crippen LogP contribution in [0.15, 0.2) is 0 Å². The number of carbonyl (C=O) groups excluding carboxylic acids is 3. The minimum absolute atomic E-state index is 0.172. The highest BCUT2D eigenvalue weighted by Crippen LogP contribution is 2.11. The smallest absolute Gasteiger partial charge is 0.326 e. The number of aliphatic carboxylic acids is 2. The van der Waals surface area contributed by atoms with Crippen molar-refractivity contribution in [3.8, 4) is 0 Å². The van der Waals surface area contributed by atoms with Gasteiger partial charge in [0.15, 0.2) is 0 Å². The van der Waals surface area contributed by atoms with E-state index in [1.165, 1.54) is 11.8 Å². The fourth-order valence-corrected chi connectivity index (χ4v) is 3.50. The first-order chi connectivity index (χ1) is 16.0. The largest absolute Gasteiger partial charge is 0.481 e. The van der Waals surface area contributed by atoms with Gasteiger partial charge in [-0.15, -0.1) is 0 Å². The maximum Gasteiger partial charge on any atom is 0.326 e. The lowest BCUT2D eigenvalue weighted by atomic mass is 9.97.